The van der Waals surface area contributed by atoms with E-state index in [2.05, 4.69) is 204 Å². The molecule has 2 aromatic heterocycles. The standard InChI is InChI=1S/C36H28OP2.C12H8N2.CH2Cl2.Ag.BF4/c1-5-17-29(18-6-1)38(30-19-7-2-8-20-30)35-27-15-13-25-33(35)37-34-26-14-16-28-36(34)39(31-21-9-3-10-22-31)32-23-11-4-12-24-32;1-3-9-5-6-10-4-2-8-14-12(10)11(9)13-7-1;2-1-3;;2-1(3,4)5/h1-28H;1-8H;1H2;;/q;;;+1;-1/p+2. The molecule has 0 atom stereocenters. The average Bonchev–Trinajstić information content (AvgIpc) is 3.29. The van der Waals surface area contributed by atoms with Crippen molar-refractivity contribution in [1.82, 2.24) is 9.97 Å². The Morgan fingerprint density at radius 1 is 0.403 bits per heavy atom. The van der Waals surface area contributed by atoms with Gasteiger partial charge in [-0.05, 0) is 84.9 Å². The Labute approximate surface area is 387 Å². The summed E-state index contributed by atoms with van der Waals surface area (Å²) in [6, 6.07) is 72.7. The third kappa shape index (κ3) is 13.8. The fourth-order valence-corrected chi connectivity index (χ4v) is 12.0. The maximum atomic E-state index is 9.75. The third-order valence-corrected chi connectivity index (χ3v) is 14.7. The Morgan fingerprint density at radius 3 is 0.984 bits per heavy atom. The summed E-state index contributed by atoms with van der Waals surface area (Å²) in [6.07, 6.45) is 3.60. The van der Waals surface area contributed by atoms with E-state index >= 15 is 0 Å². The van der Waals surface area contributed by atoms with Gasteiger partial charge in [0.2, 0.25) is 0 Å². The molecule has 0 spiro atoms. The number of ether oxygens (including phenoxy) is 1. The summed E-state index contributed by atoms with van der Waals surface area (Å²) >= 11 is 9.53. The quantitative estimate of drug-likeness (QED) is 0.0500. The van der Waals surface area contributed by atoms with E-state index in [0.29, 0.717) is 0 Å². The van der Waals surface area contributed by atoms with E-state index in [4.69, 9.17) is 27.9 Å². The number of alkyl halides is 2. The smallest absolute Gasteiger partial charge is 0.449 e. The van der Waals surface area contributed by atoms with Crippen LogP contribution >= 0.6 is 39.0 Å². The minimum Gasteiger partial charge on any atom is -0.449 e. The van der Waals surface area contributed by atoms with Gasteiger partial charge in [0.25, 0.3) is 0 Å². The second-order valence-electron chi connectivity index (χ2n) is 13.1. The van der Waals surface area contributed by atoms with E-state index in [-0.39, 0.29) is 27.7 Å². The Bertz CT molecular complexity index is 2450. The molecule has 62 heavy (non-hydrogen) atoms. The van der Waals surface area contributed by atoms with E-state index in [1.807, 2.05) is 12.1 Å². The van der Waals surface area contributed by atoms with Gasteiger partial charge >= 0.3 is 29.6 Å². The molecule has 0 aliphatic heterocycles. The maximum Gasteiger partial charge on any atom is 1.00 e. The molecule has 0 aliphatic carbocycles. The zero-order chi connectivity index (χ0) is 42.9. The Morgan fingerprint density at radius 2 is 0.677 bits per heavy atom. The number of halogens is 6. The Hall–Kier alpha value is -4.87. The molecule has 9 aromatic rings. The molecule has 0 fully saturated rings. The second kappa shape index (κ2) is 24.7. The molecule has 316 valence electrons. The van der Waals surface area contributed by atoms with Crippen molar-refractivity contribution in [3.63, 3.8) is 0 Å². The van der Waals surface area contributed by atoms with Crippen molar-refractivity contribution in [1.29, 1.82) is 0 Å². The van der Waals surface area contributed by atoms with Gasteiger partial charge in [0.15, 0.2) is 11.5 Å². The first-order valence-electron chi connectivity index (χ1n) is 19.1. The van der Waals surface area contributed by atoms with Crippen molar-refractivity contribution in [2.24, 2.45) is 0 Å². The Kier molecular flexibility index (Phi) is 19.2. The van der Waals surface area contributed by atoms with Gasteiger partial charge in [0, 0.05) is 23.2 Å². The first-order chi connectivity index (χ1) is 29.7. The van der Waals surface area contributed by atoms with Gasteiger partial charge in [0.05, 0.1) is 16.4 Å². The van der Waals surface area contributed by atoms with Crippen molar-refractivity contribution in [3.8, 4) is 11.5 Å². The van der Waals surface area contributed by atoms with Gasteiger partial charge in [0.1, 0.15) is 47.7 Å². The largest absolute Gasteiger partial charge is 1.00 e. The van der Waals surface area contributed by atoms with Crippen LogP contribution in [0.25, 0.3) is 21.8 Å². The predicted octanol–water partition coefficient (Wildman–Crippen LogP) is 12.0. The number of benzene rings is 7. The molecule has 9 rings (SSSR count). The van der Waals surface area contributed by atoms with Gasteiger partial charge in [-0.2, -0.15) is 0 Å². The number of fused-ring (bicyclic) bond motifs is 3. The van der Waals surface area contributed by atoms with Gasteiger partial charge in [-0.25, -0.2) is 0 Å². The summed E-state index contributed by atoms with van der Waals surface area (Å²) in [5.74, 6) is 1.85. The molecule has 0 saturated heterocycles. The minimum absolute atomic E-state index is 0. The fraction of sp³-hybridized carbons (Fsp3) is 0.0204. The van der Waals surface area contributed by atoms with Gasteiger partial charge < -0.3 is 22.0 Å². The SMILES string of the molecule is ClCCl.F[B-](F)(F)F.[Ag+].c1ccc([PH+](c2ccccc2)c2ccccc2Oc2ccccc2[PH+](c2ccccc2)c2ccccc2)cc1.c1cnc2c(c1)ccc1cccnc12. The maximum absolute atomic E-state index is 9.75. The van der Waals surface area contributed by atoms with Crippen LogP contribution < -0.4 is 36.6 Å². The molecule has 3 nitrogen and oxygen atoms in total. The van der Waals surface area contributed by atoms with Gasteiger partial charge in [-0.3, -0.25) is 9.97 Å². The summed E-state index contributed by atoms with van der Waals surface area (Å²) < 4.78 is 45.9. The van der Waals surface area contributed by atoms with Crippen LogP contribution in [0.15, 0.2) is 219 Å². The van der Waals surface area contributed by atoms with E-state index in [9.17, 15) is 17.3 Å². The number of pyridine rings is 2. The monoisotopic (exact) mass is 998 g/mol. The molecule has 0 saturated carbocycles. The second-order valence-corrected chi connectivity index (χ2v) is 18.8. The minimum atomic E-state index is -6.00. The van der Waals surface area contributed by atoms with Crippen molar-refractivity contribution in [2.75, 3.05) is 5.34 Å². The molecule has 0 amide bonds. The number of para-hydroxylation sites is 2. The zero-order valence-electron chi connectivity index (χ0n) is 32.9. The third-order valence-electron chi connectivity index (χ3n) is 9.13. The molecule has 0 bridgehead atoms. The number of hydrogen-bond donors (Lipinski definition) is 0. The van der Waals surface area contributed by atoms with E-state index in [1.165, 1.54) is 31.8 Å². The number of hydrogen-bond acceptors (Lipinski definition) is 3. The summed E-state index contributed by atoms with van der Waals surface area (Å²) in [5.41, 5.74) is 1.95. The van der Waals surface area contributed by atoms with Crippen molar-refractivity contribution in [2.45, 2.75) is 0 Å². The molecular formula is C49H40AgBCl2F4N2OP2+2. The molecule has 13 heteroatoms. The number of nitrogens with zero attached hydrogens (tertiary/aromatic N) is 2. The molecule has 2 heterocycles. The van der Waals surface area contributed by atoms with E-state index < -0.39 is 23.1 Å². The number of rotatable bonds is 8. The normalized spacial score (nSPS) is 10.6. The van der Waals surface area contributed by atoms with Crippen LogP contribution in [-0.4, -0.2) is 22.6 Å². The van der Waals surface area contributed by atoms with Crippen LogP contribution in [0.5, 0.6) is 11.5 Å². The van der Waals surface area contributed by atoms with Crippen LogP contribution in [0.4, 0.5) is 17.3 Å². The topological polar surface area (TPSA) is 35.0 Å². The molecule has 0 radical (unpaired) electrons. The van der Waals surface area contributed by atoms with E-state index in [1.54, 1.807) is 12.4 Å². The molecular weight excluding hydrogens is 960 g/mol. The van der Waals surface area contributed by atoms with Crippen LogP contribution in [0.1, 0.15) is 0 Å². The molecule has 0 N–H and O–H groups in total. The van der Waals surface area contributed by atoms with Crippen LogP contribution in [-0.2, 0) is 22.4 Å². The first-order valence-corrected chi connectivity index (χ1v) is 23.2. The van der Waals surface area contributed by atoms with Crippen LogP contribution in [0.3, 0.4) is 0 Å². The Balaban J connectivity index is 0.000000259. The zero-order valence-corrected chi connectivity index (χ0v) is 37.9. The molecule has 0 unspecified atom stereocenters. The van der Waals surface area contributed by atoms with Crippen LogP contribution in [0.2, 0.25) is 0 Å². The molecule has 7 aromatic carbocycles. The van der Waals surface area contributed by atoms with E-state index in [0.717, 1.165) is 33.3 Å². The van der Waals surface area contributed by atoms with Crippen molar-refractivity contribution in [3.05, 3.63) is 219 Å². The first kappa shape index (κ1) is 48.2. The number of aromatic nitrogens is 2. The van der Waals surface area contributed by atoms with Gasteiger partial charge in [-0.15, -0.1) is 23.2 Å². The van der Waals surface area contributed by atoms with Crippen molar-refractivity contribution >= 4 is 99.9 Å². The summed E-state index contributed by atoms with van der Waals surface area (Å²) in [5, 5.41) is 10.4. The predicted molar refractivity (Wildman–Crippen MR) is 257 cm³/mol. The van der Waals surface area contributed by atoms with Crippen LogP contribution in [0, 0.1) is 0 Å². The molecule has 0 aliphatic rings. The summed E-state index contributed by atoms with van der Waals surface area (Å²) in [6.45, 7) is 0. The van der Waals surface area contributed by atoms with Crippen molar-refractivity contribution < 1.29 is 44.4 Å². The van der Waals surface area contributed by atoms with Gasteiger partial charge in [-0.1, -0.05) is 121 Å². The fourth-order valence-electron chi connectivity index (χ4n) is 6.70. The average molecular weight is 1000 g/mol. The summed E-state index contributed by atoms with van der Waals surface area (Å²) in [4.78, 5) is 8.69. The summed E-state index contributed by atoms with van der Waals surface area (Å²) in [7, 11) is -8.56.